The van der Waals surface area contributed by atoms with Crippen LogP contribution < -0.4 is 0 Å². The van der Waals surface area contributed by atoms with E-state index < -0.39 is 5.92 Å². The molecule has 0 spiro atoms. The lowest BCUT2D eigenvalue weighted by Gasteiger charge is -2.24. The van der Waals surface area contributed by atoms with Crippen molar-refractivity contribution in [3.8, 4) is 5.75 Å². The molecule has 0 radical (unpaired) electrons. The van der Waals surface area contributed by atoms with E-state index in [-0.39, 0.29) is 11.7 Å². The van der Waals surface area contributed by atoms with E-state index in [1.807, 2.05) is 31.2 Å². The van der Waals surface area contributed by atoms with Gasteiger partial charge in [-0.05, 0) is 48.7 Å². The second-order valence-corrected chi connectivity index (χ2v) is 6.51. The van der Waals surface area contributed by atoms with E-state index in [4.69, 9.17) is 0 Å². The zero-order valence-corrected chi connectivity index (χ0v) is 15.1. The van der Waals surface area contributed by atoms with Crippen molar-refractivity contribution >= 4 is 28.1 Å². The van der Waals surface area contributed by atoms with Crippen LogP contribution >= 0.6 is 15.9 Å². The highest BCUT2D eigenvalue weighted by Crippen LogP contribution is 2.17. The van der Waals surface area contributed by atoms with E-state index in [0.717, 1.165) is 15.6 Å². The number of benzene rings is 2. The Bertz CT molecular complexity index is 700. The molecule has 24 heavy (non-hydrogen) atoms. The van der Waals surface area contributed by atoms with Crippen LogP contribution in [0.15, 0.2) is 53.0 Å². The standard InChI is InChI=1S/C19H20BrNO3/c1-2-21(12-15-4-3-5-17(20)11-15)19(24)16(13-22)10-14-6-8-18(23)9-7-14/h3-9,11,13,16,23H,2,10,12H2,1H3. The van der Waals surface area contributed by atoms with Gasteiger partial charge in [-0.25, -0.2) is 0 Å². The molecule has 5 heteroatoms. The van der Waals surface area contributed by atoms with Gasteiger partial charge in [0.05, 0.1) is 5.92 Å². The van der Waals surface area contributed by atoms with Crippen LogP contribution in [0.4, 0.5) is 0 Å². The highest BCUT2D eigenvalue weighted by Gasteiger charge is 2.23. The molecule has 0 heterocycles. The molecule has 0 saturated heterocycles. The lowest BCUT2D eigenvalue weighted by Crippen LogP contribution is -2.37. The number of phenols is 1. The normalized spacial score (nSPS) is 11.8. The molecule has 0 fully saturated rings. The Morgan fingerprint density at radius 3 is 2.50 bits per heavy atom. The summed E-state index contributed by atoms with van der Waals surface area (Å²) in [6.45, 7) is 2.90. The Hall–Kier alpha value is -2.14. The van der Waals surface area contributed by atoms with E-state index in [2.05, 4.69) is 15.9 Å². The SMILES string of the molecule is CCN(Cc1cccc(Br)c1)C(=O)C(C=O)Cc1ccc(O)cc1. The molecular formula is C19H20BrNO3. The molecule has 1 unspecified atom stereocenters. The first-order valence-corrected chi connectivity index (χ1v) is 8.59. The molecule has 4 nitrogen and oxygen atoms in total. The number of rotatable bonds is 7. The van der Waals surface area contributed by atoms with Gasteiger partial charge in [-0.15, -0.1) is 0 Å². The van der Waals surface area contributed by atoms with Crippen LogP contribution in [0.1, 0.15) is 18.1 Å². The Balaban J connectivity index is 2.09. The number of aldehydes is 1. The third-order valence-electron chi connectivity index (χ3n) is 3.83. The number of phenolic OH excluding ortho intramolecular Hbond substituents is 1. The second-order valence-electron chi connectivity index (χ2n) is 5.60. The van der Waals surface area contributed by atoms with E-state index >= 15 is 0 Å². The summed E-state index contributed by atoms with van der Waals surface area (Å²) >= 11 is 3.42. The summed E-state index contributed by atoms with van der Waals surface area (Å²) in [5.74, 6) is -0.736. The topological polar surface area (TPSA) is 57.6 Å². The average Bonchev–Trinajstić information content (AvgIpc) is 2.58. The first-order valence-electron chi connectivity index (χ1n) is 7.80. The van der Waals surface area contributed by atoms with Crippen molar-refractivity contribution in [1.29, 1.82) is 0 Å². The second kappa shape index (κ2) is 8.64. The van der Waals surface area contributed by atoms with Crippen LogP contribution in [0, 0.1) is 5.92 Å². The number of amides is 1. The molecule has 126 valence electrons. The summed E-state index contributed by atoms with van der Waals surface area (Å²) in [5.41, 5.74) is 1.85. The smallest absolute Gasteiger partial charge is 0.233 e. The van der Waals surface area contributed by atoms with Gasteiger partial charge in [0.2, 0.25) is 5.91 Å². The van der Waals surface area contributed by atoms with E-state index in [1.54, 1.807) is 29.2 Å². The average molecular weight is 390 g/mol. The first-order chi connectivity index (χ1) is 11.5. The molecule has 0 aliphatic carbocycles. The number of carbonyl (C=O) groups excluding carboxylic acids is 2. The number of carbonyl (C=O) groups is 2. The summed E-state index contributed by atoms with van der Waals surface area (Å²) in [7, 11) is 0. The van der Waals surface area contributed by atoms with Crippen molar-refractivity contribution in [2.75, 3.05) is 6.54 Å². The fraction of sp³-hybridized carbons (Fsp3) is 0.263. The molecule has 0 aromatic heterocycles. The fourth-order valence-electron chi connectivity index (χ4n) is 2.52. The maximum atomic E-state index is 12.7. The highest BCUT2D eigenvalue weighted by molar-refractivity contribution is 9.10. The van der Waals surface area contributed by atoms with Gasteiger partial charge in [-0.1, -0.05) is 40.2 Å². The van der Waals surface area contributed by atoms with Gasteiger partial charge in [0, 0.05) is 17.6 Å². The Morgan fingerprint density at radius 2 is 1.92 bits per heavy atom. The van der Waals surface area contributed by atoms with Crippen LogP contribution in [0.2, 0.25) is 0 Å². The molecule has 0 aliphatic rings. The summed E-state index contributed by atoms with van der Waals surface area (Å²) < 4.78 is 0.958. The predicted octanol–water partition coefficient (Wildman–Crippen LogP) is 3.56. The summed E-state index contributed by atoms with van der Waals surface area (Å²) in [6.07, 6.45) is 1.04. The predicted molar refractivity (Wildman–Crippen MR) is 96.6 cm³/mol. The minimum Gasteiger partial charge on any atom is -0.508 e. The number of halogens is 1. The Labute approximate surface area is 150 Å². The lowest BCUT2D eigenvalue weighted by molar-refractivity contribution is -0.138. The van der Waals surface area contributed by atoms with E-state index in [0.29, 0.717) is 25.8 Å². The van der Waals surface area contributed by atoms with Crippen LogP contribution in [0.5, 0.6) is 5.75 Å². The molecular weight excluding hydrogens is 370 g/mol. The van der Waals surface area contributed by atoms with Crippen molar-refractivity contribution in [3.63, 3.8) is 0 Å². The summed E-state index contributed by atoms with van der Waals surface area (Å²) in [6, 6.07) is 14.3. The monoisotopic (exact) mass is 389 g/mol. The molecule has 2 aromatic rings. The maximum absolute atomic E-state index is 12.7. The molecule has 1 atom stereocenters. The molecule has 0 aliphatic heterocycles. The van der Waals surface area contributed by atoms with Crippen molar-refractivity contribution in [1.82, 2.24) is 4.90 Å². The Morgan fingerprint density at radius 1 is 1.21 bits per heavy atom. The van der Waals surface area contributed by atoms with Crippen molar-refractivity contribution in [2.45, 2.75) is 19.9 Å². The van der Waals surface area contributed by atoms with Gasteiger partial charge < -0.3 is 14.8 Å². The van der Waals surface area contributed by atoms with Crippen molar-refractivity contribution in [3.05, 3.63) is 64.1 Å². The van der Waals surface area contributed by atoms with Gasteiger partial charge in [0.15, 0.2) is 0 Å². The third-order valence-corrected chi connectivity index (χ3v) is 4.32. The third kappa shape index (κ3) is 4.93. The summed E-state index contributed by atoms with van der Waals surface area (Å²) in [4.78, 5) is 25.8. The van der Waals surface area contributed by atoms with Crippen molar-refractivity contribution in [2.24, 2.45) is 5.92 Å². The van der Waals surface area contributed by atoms with Gasteiger partial charge in [0.1, 0.15) is 12.0 Å². The lowest BCUT2D eigenvalue weighted by atomic mass is 9.99. The molecule has 0 bridgehead atoms. The van der Waals surface area contributed by atoms with E-state index in [1.165, 1.54) is 0 Å². The van der Waals surface area contributed by atoms with Gasteiger partial charge in [0.25, 0.3) is 0 Å². The minimum absolute atomic E-state index is 0.164. The summed E-state index contributed by atoms with van der Waals surface area (Å²) in [5, 5.41) is 9.32. The van der Waals surface area contributed by atoms with E-state index in [9.17, 15) is 14.7 Å². The van der Waals surface area contributed by atoms with Crippen LogP contribution in [-0.4, -0.2) is 28.7 Å². The fourth-order valence-corrected chi connectivity index (χ4v) is 2.96. The minimum atomic E-state index is -0.721. The van der Waals surface area contributed by atoms with Crippen LogP contribution in [0.3, 0.4) is 0 Å². The quantitative estimate of drug-likeness (QED) is 0.581. The molecule has 1 amide bonds. The highest BCUT2D eigenvalue weighted by atomic mass is 79.9. The number of nitrogens with zero attached hydrogens (tertiary/aromatic N) is 1. The van der Waals surface area contributed by atoms with Gasteiger partial charge in [-0.3, -0.25) is 4.79 Å². The largest absolute Gasteiger partial charge is 0.508 e. The first kappa shape index (κ1) is 18.2. The number of aromatic hydroxyl groups is 1. The Kier molecular flexibility index (Phi) is 6.55. The van der Waals surface area contributed by atoms with Gasteiger partial charge >= 0.3 is 0 Å². The zero-order valence-electron chi connectivity index (χ0n) is 13.5. The number of hydrogen-bond acceptors (Lipinski definition) is 3. The molecule has 1 N–H and O–H groups in total. The molecule has 0 saturated carbocycles. The molecule has 2 aromatic carbocycles. The zero-order chi connectivity index (χ0) is 17.5. The van der Waals surface area contributed by atoms with Crippen LogP contribution in [-0.2, 0) is 22.6 Å². The molecule has 2 rings (SSSR count). The number of hydrogen-bond donors (Lipinski definition) is 1. The maximum Gasteiger partial charge on any atom is 0.233 e. The van der Waals surface area contributed by atoms with Gasteiger partial charge in [-0.2, -0.15) is 0 Å². The van der Waals surface area contributed by atoms with Crippen molar-refractivity contribution < 1.29 is 14.7 Å². The van der Waals surface area contributed by atoms with Crippen LogP contribution in [0.25, 0.3) is 0 Å².